The van der Waals surface area contributed by atoms with Gasteiger partial charge in [0.05, 0.1) is 0 Å². The molecule has 0 N–H and O–H groups in total. The van der Waals surface area contributed by atoms with Crippen molar-refractivity contribution in [3.63, 3.8) is 0 Å². The Kier molecular flexibility index (Phi) is 9.18. The maximum atomic E-state index is 12.8. The number of nitriles is 1. The van der Waals surface area contributed by atoms with Gasteiger partial charge in [0.15, 0.2) is 5.83 Å². The van der Waals surface area contributed by atoms with Gasteiger partial charge in [0, 0.05) is 0 Å². The van der Waals surface area contributed by atoms with Crippen molar-refractivity contribution in [1.82, 2.24) is 0 Å². The molecule has 26 heavy (non-hydrogen) atoms. The topological polar surface area (TPSA) is 23.8 Å². The van der Waals surface area contributed by atoms with Crippen molar-refractivity contribution >= 4 is 0 Å². The van der Waals surface area contributed by atoms with Crippen molar-refractivity contribution in [3.8, 4) is 6.07 Å². The molecule has 1 fully saturated rings. The maximum absolute atomic E-state index is 12.8. The van der Waals surface area contributed by atoms with E-state index in [-0.39, 0.29) is 0 Å². The molecule has 1 saturated carbocycles. The minimum absolute atomic E-state index is 0.538. The lowest BCUT2D eigenvalue weighted by atomic mass is 9.79. The molecule has 2 rings (SSSR count). The SMILES string of the molecule is CCCCCc1ccc(CC[C@H]2CC[C@H](/C=C/C=C(\F)C#N)CC2)cc1. The number of aryl methyl sites for hydroxylation is 2. The summed E-state index contributed by atoms with van der Waals surface area (Å²) in [7, 11) is 0. The Balaban J connectivity index is 1.67. The van der Waals surface area contributed by atoms with Crippen molar-refractivity contribution < 1.29 is 4.39 Å². The van der Waals surface area contributed by atoms with E-state index in [4.69, 9.17) is 5.26 Å². The van der Waals surface area contributed by atoms with Crippen LogP contribution in [0.5, 0.6) is 0 Å². The van der Waals surface area contributed by atoms with Crippen LogP contribution in [0.15, 0.2) is 48.3 Å². The number of rotatable bonds is 9. The van der Waals surface area contributed by atoms with Gasteiger partial charge in [-0.2, -0.15) is 9.65 Å². The summed E-state index contributed by atoms with van der Waals surface area (Å²) in [4.78, 5) is 0. The molecule has 1 aromatic rings. The summed E-state index contributed by atoms with van der Waals surface area (Å²) >= 11 is 0. The van der Waals surface area contributed by atoms with Crippen LogP contribution in [0, 0.1) is 23.2 Å². The van der Waals surface area contributed by atoms with Crippen LogP contribution in [0.2, 0.25) is 0 Å². The molecule has 0 heterocycles. The summed E-state index contributed by atoms with van der Waals surface area (Å²) in [5.74, 6) is 0.637. The number of hydrogen-bond donors (Lipinski definition) is 0. The molecule has 0 aromatic heterocycles. The molecule has 0 saturated heterocycles. The monoisotopic (exact) mass is 353 g/mol. The smallest absolute Gasteiger partial charge is 0.195 e. The lowest BCUT2D eigenvalue weighted by molar-refractivity contribution is 0.296. The highest BCUT2D eigenvalue weighted by molar-refractivity contribution is 5.23. The van der Waals surface area contributed by atoms with E-state index in [9.17, 15) is 4.39 Å². The molecule has 2 heteroatoms. The van der Waals surface area contributed by atoms with Gasteiger partial charge < -0.3 is 0 Å². The number of nitrogens with zero attached hydrogens (tertiary/aromatic N) is 1. The van der Waals surface area contributed by atoms with Gasteiger partial charge in [0.25, 0.3) is 0 Å². The van der Waals surface area contributed by atoms with Crippen LogP contribution >= 0.6 is 0 Å². The van der Waals surface area contributed by atoms with Crippen LogP contribution < -0.4 is 0 Å². The van der Waals surface area contributed by atoms with Gasteiger partial charge in [-0.05, 0) is 80.4 Å². The second kappa shape index (κ2) is 11.7. The third kappa shape index (κ3) is 7.56. The van der Waals surface area contributed by atoms with E-state index >= 15 is 0 Å². The highest BCUT2D eigenvalue weighted by atomic mass is 19.1. The molecule has 0 amide bonds. The predicted molar refractivity (Wildman–Crippen MR) is 107 cm³/mol. The Labute approximate surface area is 158 Å². The van der Waals surface area contributed by atoms with Crippen molar-refractivity contribution in [2.75, 3.05) is 0 Å². The molecule has 1 aliphatic carbocycles. The van der Waals surface area contributed by atoms with Crippen molar-refractivity contribution in [3.05, 3.63) is 59.4 Å². The molecule has 0 spiro atoms. The van der Waals surface area contributed by atoms with Crippen molar-refractivity contribution in [1.29, 1.82) is 5.26 Å². The van der Waals surface area contributed by atoms with Crippen molar-refractivity contribution in [2.45, 2.75) is 71.1 Å². The zero-order valence-corrected chi connectivity index (χ0v) is 16.1. The van der Waals surface area contributed by atoms with Gasteiger partial charge in [0.1, 0.15) is 6.07 Å². The van der Waals surface area contributed by atoms with Gasteiger partial charge in [-0.15, -0.1) is 0 Å². The largest absolute Gasteiger partial charge is 0.199 e. The quantitative estimate of drug-likeness (QED) is 0.264. The first-order valence-corrected chi connectivity index (χ1v) is 10.2. The van der Waals surface area contributed by atoms with E-state index < -0.39 is 5.83 Å². The van der Waals surface area contributed by atoms with Crippen LogP contribution in [0.1, 0.15) is 69.4 Å². The molecule has 1 aromatic carbocycles. The first-order valence-electron chi connectivity index (χ1n) is 10.2. The number of hydrogen-bond acceptors (Lipinski definition) is 1. The molecule has 140 valence electrons. The van der Waals surface area contributed by atoms with Gasteiger partial charge in [-0.25, -0.2) is 0 Å². The van der Waals surface area contributed by atoms with E-state index in [0.717, 1.165) is 5.92 Å². The summed E-state index contributed by atoms with van der Waals surface area (Å²) < 4.78 is 12.8. The summed E-state index contributed by atoms with van der Waals surface area (Å²) in [5.41, 5.74) is 2.93. The third-order valence-corrected chi connectivity index (χ3v) is 5.56. The van der Waals surface area contributed by atoms with Gasteiger partial charge in [0.2, 0.25) is 0 Å². The van der Waals surface area contributed by atoms with Crippen LogP contribution in [0.3, 0.4) is 0 Å². The minimum atomic E-state index is -0.716. The molecular formula is C24H32FN. The minimum Gasteiger partial charge on any atom is -0.195 e. The zero-order valence-electron chi connectivity index (χ0n) is 16.1. The summed E-state index contributed by atoms with van der Waals surface area (Å²) in [6.45, 7) is 2.25. The Morgan fingerprint density at radius 1 is 1.08 bits per heavy atom. The van der Waals surface area contributed by atoms with Crippen LogP contribution in [-0.4, -0.2) is 0 Å². The standard InChI is InChI=1S/C24H32FN/c1-2-3-4-6-20-9-13-22(14-10-20)17-18-23-15-11-21(12-16-23)7-5-8-24(25)19-26/h5,7-10,13-14,21,23H,2-4,6,11-12,15-18H2,1H3/b7-5+,24-8-/t21-,23-. The average Bonchev–Trinajstić information content (AvgIpc) is 2.68. The molecule has 0 aliphatic heterocycles. The van der Waals surface area contributed by atoms with Crippen LogP contribution in [0.25, 0.3) is 0 Å². The molecule has 0 unspecified atom stereocenters. The lowest BCUT2D eigenvalue weighted by Gasteiger charge is -2.26. The molecule has 1 aliphatic rings. The summed E-state index contributed by atoms with van der Waals surface area (Å²) in [5, 5.41) is 8.40. The zero-order chi connectivity index (χ0) is 18.6. The first kappa shape index (κ1) is 20.4. The second-order valence-electron chi connectivity index (χ2n) is 7.60. The Morgan fingerprint density at radius 3 is 2.35 bits per heavy atom. The highest BCUT2D eigenvalue weighted by Crippen LogP contribution is 2.32. The van der Waals surface area contributed by atoms with Crippen molar-refractivity contribution in [2.24, 2.45) is 11.8 Å². The van der Waals surface area contributed by atoms with E-state index in [1.54, 1.807) is 6.08 Å². The first-order chi connectivity index (χ1) is 12.7. The Morgan fingerprint density at radius 2 is 1.73 bits per heavy atom. The molecule has 1 nitrogen and oxygen atoms in total. The molecule has 0 atom stereocenters. The highest BCUT2D eigenvalue weighted by Gasteiger charge is 2.19. The fourth-order valence-electron chi connectivity index (χ4n) is 3.83. The number of benzene rings is 1. The van der Waals surface area contributed by atoms with E-state index in [1.807, 2.05) is 0 Å². The number of unbranched alkanes of at least 4 members (excludes halogenated alkanes) is 2. The van der Waals surface area contributed by atoms with E-state index in [1.165, 1.54) is 87.5 Å². The predicted octanol–water partition coefficient (Wildman–Crippen LogP) is 7.09. The lowest BCUT2D eigenvalue weighted by Crippen LogP contribution is -2.13. The van der Waals surface area contributed by atoms with Crippen LogP contribution in [0.4, 0.5) is 4.39 Å². The normalized spacial score (nSPS) is 21.0. The second-order valence-corrected chi connectivity index (χ2v) is 7.60. The average molecular weight is 354 g/mol. The van der Waals surface area contributed by atoms with Gasteiger partial charge >= 0.3 is 0 Å². The fraction of sp³-hybridized carbons (Fsp3) is 0.542. The number of halogens is 1. The van der Waals surface area contributed by atoms with E-state index in [2.05, 4.69) is 37.3 Å². The molecule has 0 bridgehead atoms. The van der Waals surface area contributed by atoms with Gasteiger partial charge in [-0.1, -0.05) is 56.2 Å². The van der Waals surface area contributed by atoms with Crippen LogP contribution in [-0.2, 0) is 12.8 Å². The third-order valence-electron chi connectivity index (χ3n) is 5.56. The van der Waals surface area contributed by atoms with E-state index in [0.29, 0.717) is 5.92 Å². The Hall–Kier alpha value is -1.88. The van der Waals surface area contributed by atoms with Gasteiger partial charge in [-0.3, -0.25) is 0 Å². The number of allylic oxidation sites excluding steroid dienone is 4. The maximum Gasteiger partial charge on any atom is 0.199 e. The summed E-state index contributed by atoms with van der Waals surface area (Å²) in [6.07, 6.45) is 17.5. The molecule has 0 radical (unpaired) electrons. The Bertz CT molecular complexity index is 613. The summed E-state index contributed by atoms with van der Waals surface area (Å²) in [6, 6.07) is 10.7. The molecular weight excluding hydrogens is 321 g/mol. The fourth-order valence-corrected chi connectivity index (χ4v) is 3.83.